The third kappa shape index (κ3) is 5.57. The molecule has 1 unspecified atom stereocenters. The van der Waals surface area contributed by atoms with Gasteiger partial charge in [0.1, 0.15) is 17.2 Å². The molecule has 192 valence electrons. The summed E-state index contributed by atoms with van der Waals surface area (Å²) in [7, 11) is 1.57. The van der Waals surface area contributed by atoms with E-state index < -0.39 is 5.67 Å². The Kier molecular flexibility index (Phi) is 7.89. The van der Waals surface area contributed by atoms with E-state index in [0.717, 1.165) is 31.6 Å². The molecule has 0 aromatic carbocycles. The quantitative estimate of drug-likeness (QED) is 0.468. The average molecular weight is 506 g/mol. The van der Waals surface area contributed by atoms with Crippen LogP contribution in [0.2, 0.25) is 5.02 Å². The summed E-state index contributed by atoms with van der Waals surface area (Å²) in [6, 6.07) is 1.45. The van der Waals surface area contributed by atoms with Crippen molar-refractivity contribution in [1.29, 1.82) is 0 Å². The minimum Gasteiger partial charge on any atom is -0.496 e. The number of halogens is 2. The molecular formula is C26H37ClFN5O2. The monoisotopic (exact) mass is 505 g/mol. The van der Waals surface area contributed by atoms with Gasteiger partial charge in [0, 0.05) is 25.4 Å². The number of hydrogen-bond acceptors (Lipinski definition) is 5. The highest BCUT2D eigenvalue weighted by atomic mass is 35.5. The number of anilines is 1. The molecule has 9 heteroatoms. The molecule has 0 saturated heterocycles. The minimum absolute atomic E-state index is 0.205. The van der Waals surface area contributed by atoms with Crippen molar-refractivity contribution in [3.63, 3.8) is 0 Å². The Bertz CT molecular complexity index is 1050. The summed E-state index contributed by atoms with van der Waals surface area (Å²) in [5.41, 5.74) is 0.150. The standard InChI is InChI=1S/C26H37ClFN5O2/c1-5-33-24(22(27)23(32-33)25(34)30-14-17-10-8-16(2)9-11-17)18-15-29-21(13-19(18)35-4)31-20-7-6-12-26(20,3)28/h13,15-17,20H,5-12,14H2,1-4H3,(H,29,31)(H,30,34)/t16?,17?,20-,26?/m1/s1. The molecule has 1 amide bonds. The van der Waals surface area contributed by atoms with Gasteiger partial charge < -0.3 is 15.4 Å². The summed E-state index contributed by atoms with van der Waals surface area (Å²) >= 11 is 6.73. The number of pyridine rings is 1. The van der Waals surface area contributed by atoms with Crippen molar-refractivity contribution in [3.8, 4) is 17.0 Å². The van der Waals surface area contributed by atoms with E-state index in [9.17, 15) is 9.18 Å². The molecule has 0 spiro atoms. The topological polar surface area (TPSA) is 81.1 Å². The SMILES string of the molecule is CCn1nc(C(=O)NCC2CCC(C)CC2)c(Cl)c1-c1cnc(N[C@@H]2CCCC2(C)F)cc1OC. The molecular weight excluding hydrogens is 469 g/mol. The molecule has 2 aromatic rings. The molecule has 2 aromatic heterocycles. The van der Waals surface area contributed by atoms with Crippen molar-refractivity contribution < 1.29 is 13.9 Å². The maximum Gasteiger partial charge on any atom is 0.273 e. The summed E-state index contributed by atoms with van der Waals surface area (Å²) in [5.74, 6) is 2.07. The average Bonchev–Trinajstić information content (AvgIpc) is 3.36. The molecule has 0 aliphatic heterocycles. The number of rotatable bonds is 8. The fourth-order valence-corrected chi connectivity index (χ4v) is 5.64. The molecule has 35 heavy (non-hydrogen) atoms. The van der Waals surface area contributed by atoms with Gasteiger partial charge in [-0.25, -0.2) is 9.37 Å². The summed E-state index contributed by atoms with van der Waals surface area (Å²) < 4.78 is 22.1. The zero-order valence-corrected chi connectivity index (χ0v) is 21.9. The zero-order valence-electron chi connectivity index (χ0n) is 21.2. The highest BCUT2D eigenvalue weighted by Gasteiger charge is 2.39. The number of alkyl halides is 1. The van der Waals surface area contributed by atoms with Crippen LogP contribution in [-0.4, -0.2) is 46.0 Å². The second-order valence-electron chi connectivity index (χ2n) is 10.3. The maximum atomic E-state index is 14.7. The van der Waals surface area contributed by atoms with Crippen molar-refractivity contribution >= 4 is 23.3 Å². The van der Waals surface area contributed by atoms with E-state index in [2.05, 4.69) is 27.6 Å². The van der Waals surface area contributed by atoms with Gasteiger partial charge in [-0.2, -0.15) is 5.10 Å². The van der Waals surface area contributed by atoms with Crippen LogP contribution in [0.25, 0.3) is 11.3 Å². The van der Waals surface area contributed by atoms with Gasteiger partial charge in [0.25, 0.3) is 5.91 Å². The van der Waals surface area contributed by atoms with Gasteiger partial charge in [-0.1, -0.05) is 31.4 Å². The Labute approximate surface area is 212 Å². The van der Waals surface area contributed by atoms with Gasteiger partial charge in [-0.05, 0) is 57.8 Å². The highest BCUT2D eigenvalue weighted by molar-refractivity contribution is 6.36. The smallest absolute Gasteiger partial charge is 0.273 e. The van der Waals surface area contributed by atoms with Crippen LogP contribution in [0, 0.1) is 11.8 Å². The molecule has 2 aliphatic carbocycles. The number of nitrogens with zero attached hydrogens (tertiary/aromatic N) is 3. The Balaban J connectivity index is 1.54. The Morgan fingerprint density at radius 1 is 1.31 bits per heavy atom. The second-order valence-corrected chi connectivity index (χ2v) is 10.7. The number of ether oxygens (including phenoxy) is 1. The number of hydrogen-bond donors (Lipinski definition) is 2. The van der Waals surface area contributed by atoms with Crippen LogP contribution in [0.3, 0.4) is 0 Å². The number of methoxy groups -OCH3 is 1. The lowest BCUT2D eigenvalue weighted by atomic mass is 9.83. The predicted octanol–water partition coefficient (Wildman–Crippen LogP) is 5.88. The van der Waals surface area contributed by atoms with E-state index in [-0.39, 0.29) is 22.7 Å². The van der Waals surface area contributed by atoms with E-state index in [1.807, 2.05) is 6.92 Å². The first-order chi connectivity index (χ1) is 16.7. The van der Waals surface area contributed by atoms with Gasteiger partial charge >= 0.3 is 0 Å². The van der Waals surface area contributed by atoms with Crippen molar-refractivity contribution in [2.75, 3.05) is 19.0 Å². The third-order valence-electron chi connectivity index (χ3n) is 7.64. The number of aromatic nitrogens is 3. The molecule has 2 saturated carbocycles. The van der Waals surface area contributed by atoms with Crippen LogP contribution < -0.4 is 15.4 Å². The molecule has 2 heterocycles. The number of nitrogens with one attached hydrogen (secondary N) is 2. The van der Waals surface area contributed by atoms with Crippen molar-refractivity contribution in [1.82, 2.24) is 20.1 Å². The Morgan fingerprint density at radius 3 is 2.69 bits per heavy atom. The van der Waals surface area contributed by atoms with Gasteiger partial charge in [0.15, 0.2) is 5.69 Å². The van der Waals surface area contributed by atoms with Gasteiger partial charge in [-0.15, -0.1) is 0 Å². The Morgan fingerprint density at radius 2 is 2.06 bits per heavy atom. The second kappa shape index (κ2) is 10.7. The molecule has 2 atom stereocenters. The Hall–Kier alpha value is -2.35. The van der Waals surface area contributed by atoms with Crippen molar-refractivity contribution in [2.45, 2.75) is 84.0 Å². The fraction of sp³-hybridized carbons (Fsp3) is 0.654. The summed E-state index contributed by atoms with van der Waals surface area (Å²) in [5, 5.41) is 11.0. The summed E-state index contributed by atoms with van der Waals surface area (Å²) in [6.45, 7) is 7.01. The molecule has 2 aliphatic rings. The lowest BCUT2D eigenvalue weighted by Gasteiger charge is -2.26. The van der Waals surface area contributed by atoms with E-state index in [4.69, 9.17) is 16.3 Å². The molecule has 2 fully saturated rings. The first-order valence-corrected chi connectivity index (χ1v) is 13.2. The number of aryl methyl sites for hydroxylation is 1. The molecule has 2 N–H and O–H groups in total. The van der Waals surface area contributed by atoms with E-state index in [1.54, 1.807) is 31.0 Å². The molecule has 7 nitrogen and oxygen atoms in total. The van der Waals surface area contributed by atoms with E-state index >= 15 is 0 Å². The largest absolute Gasteiger partial charge is 0.496 e. The lowest BCUT2D eigenvalue weighted by molar-refractivity contribution is 0.0936. The van der Waals surface area contributed by atoms with Crippen LogP contribution in [0.15, 0.2) is 12.3 Å². The number of amides is 1. The zero-order chi connectivity index (χ0) is 25.2. The maximum absolute atomic E-state index is 14.7. The van der Waals surface area contributed by atoms with Crippen LogP contribution in [-0.2, 0) is 6.54 Å². The van der Waals surface area contributed by atoms with Gasteiger partial charge in [0.2, 0.25) is 0 Å². The van der Waals surface area contributed by atoms with Crippen molar-refractivity contribution in [2.24, 2.45) is 11.8 Å². The van der Waals surface area contributed by atoms with Crippen LogP contribution in [0.1, 0.15) is 76.2 Å². The first kappa shape index (κ1) is 25.7. The fourth-order valence-electron chi connectivity index (χ4n) is 5.32. The number of carbonyl (C=O) groups excluding carboxylic acids is 1. The molecule has 4 rings (SSSR count). The predicted molar refractivity (Wildman–Crippen MR) is 137 cm³/mol. The summed E-state index contributed by atoms with van der Waals surface area (Å²) in [6.07, 6.45) is 8.46. The van der Waals surface area contributed by atoms with Crippen LogP contribution in [0.4, 0.5) is 10.2 Å². The normalized spacial score (nSPS) is 26.5. The molecule has 0 radical (unpaired) electrons. The van der Waals surface area contributed by atoms with Crippen molar-refractivity contribution in [3.05, 3.63) is 23.0 Å². The first-order valence-electron chi connectivity index (χ1n) is 12.8. The van der Waals surface area contributed by atoms with E-state index in [1.165, 1.54) is 12.8 Å². The highest BCUT2D eigenvalue weighted by Crippen LogP contribution is 2.39. The van der Waals surface area contributed by atoms with E-state index in [0.29, 0.717) is 48.3 Å². The van der Waals surface area contributed by atoms with Crippen LogP contribution >= 0.6 is 11.6 Å². The van der Waals surface area contributed by atoms with Gasteiger partial charge in [-0.3, -0.25) is 9.48 Å². The summed E-state index contributed by atoms with van der Waals surface area (Å²) in [4.78, 5) is 17.5. The van der Waals surface area contributed by atoms with Crippen LogP contribution in [0.5, 0.6) is 5.75 Å². The minimum atomic E-state index is -1.27. The lowest BCUT2D eigenvalue weighted by Crippen LogP contribution is -2.35. The third-order valence-corrected chi connectivity index (χ3v) is 8.00. The van der Waals surface area contributed by atoms with Gasteiger partial charge in [0.05, 0.1) is 29.4 Å². The molecule has 0 bridgehead atoms. The number of carbonyl (C=O) groups is 1.